The first-order valence-corrected chi connectivity index (χ1v) is 8.32. The molecule has 1 rings (SSSR count). The molecule has 0 unspecified atom stereocenters. The van der Waals surface area contributed by atoms with E-state index in [0.717, 1.165) is 32.7 Å². The van der Waals surface area contributed by atoms with Crippen molar-refractivity contribution in [3.63, 3.8) is 0 Å². The van der Waals surface area contributed by atoms with E-state index < -0.39 is 0 Å². The van der Waals surface area contributed by atoms with Crippen LogP contribution in [0.25, 0.3) is 0 Å². The molecule has 1 N–H and O–H groups in total. The molecule has 0 saturated heterocycles. The van der Waals surface area contributed by atoms with Gasteiger partial charge in [-0.1, -0.05) is 13.3 Å². The first-order valence-electron chi connectivity index (χ1n) is 8.32. The van der Waals surface area contributed by atoms with Gasteiger partial charge < -0.3 is 24.3 Å². The van der Waals surface area contributed by atoms with E-state index in [9.17, 15) is 0 Å². The fourth-order valence-corrected chi connectivity index (χ4v) is 2.27. The van der Waals surface area contributed by atoms with Crippen molar-refractivity contribution >= 4 is 0 Å². The lowest BCUT2D eigenvalue weighted by Crippen LogP contribution is -2.48. The van der Waals surface area contributed by atoms with Gasteiger partial charge in [-0.25, -0.2) is 0 Å². The minimum atomic E-state index is 0.0981. The molecule has 0 heterocycles. The van der Waals surface area contributed by atoms with Gasteiger partial charge in [-0.05, 0) is 25.7 Å². The van der Waals surface area contributed by atoms with Crippen LogP contribution < -0.4 is 5.32 Å². The number of hydrogen-bond donors (Lipinski definition) is 1. The van der Waals surface area contributed by atoms with Crippen LogP contribution >= 0.6 is 0 Å². The Morgan fingerprint density at radius 2 is 1.52 bits per heavy atom. The SMILES string of the molecule is CCCCOCCOCCOCCNCC1(OC)CCC1. The lowest BCUT2D eigenvalue weighted by Gasteiger charge is -2.40. The summed E-state index contributed by atoms with van der Waals surface area (Å²) >= 11 is 0. The van der Waals surface area contributed by atoms with Gasteiger partial charge in [-0.3, -0.25) is 0 Å². The Balaban J connectivity index is 1.73. The second-order valence-corrected chi connectivity index (χ2v) is 5.61. The Morgan fingerprint density at radius 1 is 0.905 bits per heavy atom. The molecule has 126 valence electrons. The van der Waals surface area contributed by atoms with Gasteiger partial charge in [0.2, 0.25) is 0 Å². The zero-order valence-corrected chi connectivity index (χ0v) is 13.8. The van der Waals surface area contributed by atoms with Crippen molar-refractivity contribution in [3.8, 4) is 0 Å². The maximum Gasteiger partial charge on any atom is 0.0802 e. The Labute approximate surface area is 129 Å². The monoisotopic (exact) mass is 303 g/mol. The van der Waals surface area contributed by atoms with Crippen molar-refractivity contribution in [1.29, 1.82) is 0 Å². The van der Waals surface area contributed by atoms with Crippen molar-refractivity contribution in [2.45, 2.75) is 44.6 Å². The lowest BCUT2D eigenvalue weighted by molar-refractivity contribution is -0.0700. The Hall–Kier alpha value is -0.200. The minimum Gasteiger partial charge on any atom is -0.379 e. The highest BCUT2D eigenvalue weighted by Gasteiger charge is 2.36. The van der Waals surface area contributed by atoms with Crippen LogP contribution in [0.4, 0.5) is 0 Å². The fraction of sp³-hybridized carbons (Fsp3) is 1.00. The highest BCUT2D eigenvalue weighted by Crippen LogP contribution is 2.34. The molecule has 21 heavy (non-hydrogen) atoms. The highest BCUT2D eigenvalue weighted by molar-refractivity contribution is 4.91. The third-order valence-corrected chi connectivity index (χ3v) is 3.95. The van der Waals surface area contributed by atoms with E-state index >= 15 is 0 Å². The second-order valence-electron chi connectivity index (χ2n) is 5.61. The van der Waals surface area contributed by atoms with Gasteiger partial charge in [0.05, 0.1) is 38.6 Å². The predicted molar refractivity (Wildman–Crippen MR) is 83.8 cm³/mol. The van der Waals surface area contributed by atoms with Crippen molar-refractivity contribution < 1.29 is 18.9 Å². The summed E-state index contributed by atoms with van der Waals surface area (Å²) < 4.78 is 21.9. The third-order valence-electron chi connectivity index (χ3n) is 3.95. The van der Waals surface area contributed by atoms with Crippen LogP contribution in [0.3, 0.4) is 0 Å². The molecular weight excluding hydrogens is 270 g/mol. The summed E-state index contributed by atoms with van der Waals surface area (Å²) in [5, 5.41) is 3.40. The smallest absolute Gasteiger partial charge is 0.0802 e. The Kier molecular flexibility index (Phi) is 11.1. The number of ether oxygens (including phenoxy) is 4. The van der Waals surface area contributed by atoms with E-state index in [1.54, 1.807) is 7.11 Å². The summed E-state index contributed by atoms with van der Waals surface area (Å²) in [4.78, 5) is 0. The molecule has 0 atom stereocenters. The topological polar surface area (TPSA) is 49.0 Å². The van der Waals surface area contributed by atoms with Gasteiger partial charge in [-0.15, -0.1) is 0 Å². The van der Waals surface area contributed by atoms with E-state index in [4.69, 9.17) is 18.9 Å². The molecule has 1 aliphatic carbocycles. The molecule has 0 aromatic carbocycles. The van der Waals surface area contributed by atoms with Crippen LogP contribution in [0.5, 0.6) is 0 Å². The molecule has 5 nitrogen and oxygen atoms in total. The standard InChI is InChI=1S/C16H33NO4/c1-3-4-9-19-11-13-21-14-12-20-10-8-17-15-16(18-2)6-5-7-16/h17H,3-15H2,1-2H3. The molecular formula is C16H33NO4. The summed E-state index contributed by atoms with van der Waals surface area (Å²) in [5.41, 5.74) is 0.0981. The van der Waals surface area contributed by atoms with Crippen molar-refractivity contribution in [2.75, 3.05) is 59.8 Å². The summed E-state index contributed by atoms with van der Waals surface area (Å²) in [5.74, 6) is 0. The quantitative estimate of drug-likeness (QED) is 0.469. The summed E-state index contributed by atoms with van der Waals surface area (Å²) in [6, 6.07) is 0. The largest absolute Gasteiger partial charge is 0.379 e. The van der Waals surface area contributed by atoms with Gasteiger partial charge in [0.25, 0.3) is 0 Å². The van der Waals surface area contributed by atoms with Crippen LogP contribution in [0.15, 0.2) is 0 Å². The summed E-state index contributed by atoms with van der Waals surface area (Å²) in [6.07, 6.45) is 5.93. The van der Waals surface area contributed by atoms with Crippen LogP contribution in [0.2, 0.25) is 0 Å². The molecule has 1 aliphatic rings. The number of rotatable bonds is 15. The Morgan fingerprint density at radius 3 is 2.05 bits per heavy atom. The van der Waals surface area contributed by atoms with Gasteiger partial charge in [0, 0.05) is 26.8 Å². The molecule has 0 spiro atoms. The van der Waals surface area contributed by atoms with Crippen LogP contribution in [-0.2, 0) is 18.9 Å². The van der Waals surface area contributed by atoms with Gasteiger partial charge in [-0.2, -0.15) is 0 Å². The lowest BCUT2D eigenvalue weighted by atomic mass is 9.80. The average molecular weight is 303 g/mol. The van der Waals surface area contributed by atoms with Crippen molar-refractivity contribution in [2.24, 2.45) is 0 Å². The minimum absolute atomic E-state index is 0.0981. The van der Waals surface area contributed by atoms with E-state index in [1.165, 1.54) is 25.7 Å². The number of unbranched alkanes of at least 4 members (excludes halogenated alkanes) is 1. The maximum absolute atomic E-state index is 5.55. The number of hydrogen-bond acceptors (Lipinski definition) is 5. The fourth-order valence-electron chi connectivity index (χ4n) is 2.27. The summed E-state index contributed by atoms with van der Waals surface area (Å²) in [6.45, 7) is 8.13. The van der Waals surface area contributed by atoms with Crippen molar-refractivity contribution in [3.05, 3.63) is 0 Å². The molecule has 0 amide bonds. The third kappa shape index (κ3) is 8.73. The molecule has 1 fully saturated rings. The van der Waals surface area contributed by atoms with Gasteiger partial charge in [0.1, 0.15) is 0 Å². The predicted octanol–water partition coefficient (Wildman–Crippen LogP) is 1.99. The number of methoxy groups -OCH3 is 1. The van der Waals surface area contributed by atoms with Crippen molar-refractivity contribution in [1.82, 2.24) is 5.32 Å². The molecule has 0 aliphatic heterocycles. The van der Waals surface area contributed by atoms with Crippen LogP contribution in [0, 0.1) is 0 Å². The zero-order chi connectivity index (χ0) is 15.2. The van der Waals surface area contributed by atoms with E-state index in [2.05, 4.69) is 12.2 Å². The number of nitrogens with one attached hydrogen (secondary N) is 1. The molecule has 1 saturated carbocycles. The molecule has 0 aromatic rings. The molecule has 5 heteroatoms. The average Bonchev–Trinajstić information content (AvgIpc) is 2.46. The van der Waals surface area contributed by atoms with E-state index in [0.29, 0.717) is 26.4 Å². The van der Waals surface area contributed by atoms with E-state index in [-0.39, 0.29) is 5.60 Å². The summed E-state index contributed by atoms with van der Waals surface area (Å²) in [7, 11) is 1.81. The van der Waals surface area contributed by atoms with E-state index in [1.807, 2.05) is 0 Å². The first-order chi connectivity index (χ1) is 10.3. The highest BCUT2D eigenvalue weighted by atomic mass is 16.5. The van der Waals surface area contributed by atoms with Gasteiger partial charge in [0.15, 0.2) is 0 Å². The first kappa shape index (κ1) is 18.8. The molecule has 0 radical (unpaired) electrons. The molecule has 0 aromatic heterocycles. The van der Waals surface area contributed by atoms with Gasteiger partial charge >= 0.3 is 0 Å². The molecule has 0 bridgehead atoms. The second kappa shape index (κ2) is 12.4. The zero-order valence-electron chi connectivity index (χ0n) is 13.8. The normalized spacial score (nSPS) is 16.9. The Bertz CT molecular complexity index is 229. The van der Waals surface area contributed by atoms with Crippen LogP contribution in [0.1, 0.15) is 39.0 Å². The maximum atomic E-state index is 5.55. The van der Waals surface area contributed by atoms with Crippen LogP contribution in [-0.4, -0.2) is 65.4 Å².